The second-order valence-corrected chi connectivity index (χ2v) is 5.65. The average Bonchev–Trinajstić information content (AvgIpc) is 2.43. The summed E-state index contributed by atoms with van der Waals surface area (Å²) in [7, 11) is 0. The fourth-order valence-electron chi connectivity index (χ4n) is 1.87. The molecule has 0 N–H and O–H groups in total. The van der Waals surface area contributed by atoms with E-state index in [-0.39, 0.29) is 17.5 Å². The van der Waals surface area contributed by atoms with Crippen LogP contribution in [0, 0.1) is 23.2 Å². The molecule has 0 fully saturated rings. The standard InChI is InChI=1S/C18H22O2/c1-14(2)10-12-18(4,13-11-15(3)19)17(20)16-8-6-5-7-9-16/h5-9,14H,11,13H2,1-4H3. The van der Waals surface area contributed by atoms with Crippen LogP contribution in [-0.4, -0.2) is 11.6 Å². The molecule has 1 aromatic carbocycles. The first-order chi connectivity index (χ1) is 9.35. The van der Waals surface area contributed by atoms with Crippen molar-refractivity contribution >= 4 is 11.6 Å². The molecule has 0 saturated carbocycles. The van der Waals surface area contributed by atoms with Crippen molar-refractivity contribution in [2.75, 3.05) is 0 Å². The van der Waals surface area contributed by atoms with Crippen molar-refractivity contribution in [1.29, 1.82) is 0 Å². The number of carbonyl (C=O) groups excluding carboxylic acids is 2. The summed E-state index contributed by atoms with van der Waals surface area (Å²) in [5.41, 5.74) is -0.145. The fraction of sp³-hybridized carbons (Fsp3) is 0.444. The number of Topliss-reactive ketones (excluding diaryl/α,β-unsaturated/α-hetero) is 2. The molecule has 1 unspecified atom stereocenters. The van der Waals surface area contributed by atoms with Crippen LogP contribution in [0.2, 0.25) is 0 Å². The first-order valence-electron chi connectivity index (χ1n) is 6.97. The summed E-state index contributed by atoms with van der Waals surface area (Å²) < 4.78 is 0. The Balaban J connectivity index is 3.07. The van der Waals surface area contributed by atoms with E-state index in [1.54, 1.807) is 19.1 Å². The van der Waals surface area contributed by atoms with Gasteiger partial charge >= 0.3 is 0 Å². The average molecular weight is 270 g/mol. The van der Waals surface area contributed by atoms with Crippen molar-refractivity contribution in [3.05, 3.63) is 35.9 Å². The molecule has 0 aliphatic carbocycles. The normalized spacial score (nSPS) is 13.2. The van der Waals surface area contributed by atoms with Crippen molar-refractivity contribution in [2.24, 2.45) is 11.3 Å². The SMILES string of the molecule is CC(=O)CCC(C)(C#CC(C)C)C(=O)c1ccccc1. The highest BCUT2D eigenvalue weighted by Crippen LogP contribution is 2.28. The van der Waals surface area contributed by atoms with E-state index in [1.165, 1.54) is 0 Å². The molecule has 0 aromatic heterocycles. The first-order valence-corrected chi connectivity index (χ1v) is 6.97. The molecule has 0 radical (unpaired) electrons. The highest BCUT2D eigenvalue weighted by Gasteiger charge is 2.32. The summed E-state index contributed by atoms with van der Waals surface area (Å²) in [5, 5.41) is 0. The van der Waals surface area contributed by atoms with E-state index >= 15 is 0 Å². The topological polar surface area (TPSA) is 34.1 Å². The zero-order chi connectivity index (χ0) is 15.2. The van der Waals surface area contributed by atoms with E-state index in [1.807, 2.05) is 39.0 Å². The van der Waals surface area contributed by atoms with Crippen molar-refractivity contribution in [3.63, 3.8) is 0 Å². The lowest BCUT2D eigenvalue weighted by molar-refractivity contribution is -0.117. The van der Waals surface area contributed by atoms with Crippen molar-refractivity contribution in [2.45, 2.75) is 40.5 Å². The molecule has 0 aliphatic rings. The van der Waals surface area contributed by atoms with Gasteiger partial charge in [-0.15, -0.1) is 0 Å². The molecule has 0 aliphatic heterocycles. The summed E-state index contributed by atoms with van der Waals surface area (Å²) in [6.07, 6.45) is 0.845. The maximum absolute atomic E-state index is 12.7. The molecule has 0 saturated heterocycles. The van der Waals surface area contributed by atoms with Gasteiger partial charge in [0.25, 0.3) is 0 Å². The number of carbonyl (C=O) groups is 2. The van der Waals surface area contributed by atoms with Crippen LogP contribution in [-0.2, 0) is 4.79 Å². The lowest BCUT2D eigenvalue weighted by atomic mass is 9.78. The van der Waals surface area contributed by atoms with Gasteiger partial charge in [0.2, 0.25) is 0 Å². The van der Waals surface area contributed by atoms with Crippen LogP contribution < -0.4 is 0 Å². The Morgan fingerprint density at radius 3 is 2.30 bits per heavy atom. The summed E-state index contributed by atoms with van der Waals surface area (Å²) >= 11 is 0. The maximum Gasteiger partial charge on any atom is 0.180 e. The summed E-state index contributed by atoms with van der Waals surface area (Å²) in [5.74, 6) is 6.46. The molecule has 2 heteroatoms. The van der Waals surface area contributed by atoms with Crippen LogP contribution in [0.15, 0.2) is 30.3 Å². The zero-order valence-corrected chi connectivity index (χ0v) is 12.7. The zero-order valence-electron chi connectivity index (χ0n) is 12.7. The monoisotopic (exact) mass is 270 g/mol. The maximum atomic E-state index is 12.7. The molecule has 1 aromatic rings. The Hall–Kier alpha value is -1.88. The molecule has 1 atom stereocenters. The fourth-order valence-corrected chi connectivity index (χ4v) is 1.87. The number of hydrogen-bond donors (Lipinski definition) is 0. The molecule has 1 rings (SSSR count). The number of ketones is 2. The molecule has 0 spiro atoms. The van der Waals surface area contributed by atoms with E-state index in [9.17, 15) is 9.59 Å². The number of rotatable bonds is 5. The van der Waals surface area contributed by atoms with Crippen LogP contribution in [0.4, 0.5) is 0 Å². The predicted molar refractivity (Wildman–Crippen MR) is 81.4 cm³/mol. The van der Waals surface area contributed by atoms with E-state index in [0.29, 0.717) is 18.4 Å². The van der Waals surface area contributed by atoms with Gasteiger partial charge in [0, 0.05) is 17.9 Å². The van der Waals surface area contributed by atoms with Crippen LogP contribution in [0.5, 0.6) is 0 Å². The molecular formula is C18H22O2. The van der Waals surface area contributed by atoms with Crippen molar-refractivity contribution in [1.82, 2.24) is 0 Å². The largest absolute Gasteiger partial charge is 0.300 e. The van der Waals surface area contributed by atoms with E-state index < -0.39 is 5.41 Å². The molecule has 0 heterocycles. The van der Waals surface area contributed by atoms with Crippen LogP contribution in [0.1, 0.15) is 50.9 Å². The highest BCUT2D eigenvalue weighted by atomic mass is 16.1. The lowest BCUT2D eigenvalue weighted by Gasteiger charge is -2.22. The van der Waals surface area contributed by atoms with Gasteiger partial charge in [0.05, 0.1) is 5.41 Å². The predicted octanol–water partition coefficient (Wildman–Crippen LogP) is 3.90. The second kappa shape index (κ2) is 7.05. The van der Waals surface area contributed by atoms with Gasteiger partial charge in [0.1, 0.15) is 5.78 Å². The minimum atomic E-state index is -0.794. The summed E-state index contributed by atoms with van der Waals surface area (Å²) in [6.45, 7) is 7.36. The Labute approximate surface area is 121 Å². The molecule has 106 valence electrons. The van der Waals surface area contributed by atoms with Crippen LogP contribution >= 0.6 is 0 Å². The van der Waals surface area contributed by atoms with Gasteiger partial charge < -0.3 is 4.79 Å². The third kappa shape index (κ3) is 4.66. The van der Waals surface area contributed by atoms with Gasteiger partial charge in [-0.25, -0.2) is 0 Å². The Morgan fingerprint density at radius 2 is 1.80 bits per heavy atom. The van der Waals surface area contributed by atoms with Crippen LogP contribution in [0.3, 0.4) is 0 Å². The second-order valence-electron chi connectivity index (χ2n) is 5.65. The molecular weight excluding hydrogens is 248 g/mol. The molecule has 20 heavy (non-hydrogen) atoms. The first kappa shape index (κ1) is 16.2. The van der Waals surface area contributed by atoms with Crippen molar-refractivity contribution in [3.8, 4) is 11.8 Å². The third-order valence-electron chi connectivity index (χ3n) is 3.15. The minimum absolute atomic E-state index is 0.00694. The summed E-state index contributed by atoms with van der Waals surface area (Å²) in [6, 6.07) is 9.16. The highest BCUT2D eigenvalue weighted by molar-refractivity contribution is 6.02. The van der Waals surface area contributed by atoms with Gasteiger partial charge in [-0.3, -0.25) is 4.79 Å². The Bertz CT molecular complexity index is 532. The molecule has 0 bridgehead atoms. The van der Waals surface area contributed by atoms with Gasteiger partial charge in [-0.2, -0.15) is 0 Å². The minimum Gasteiger partial charge on any atom is -0.300 e. The number of hydrogen-bond acceptors (Lipinski definition) is 2. The van der Waals surface area contributed by atoms with E-state index in [2.05, 4.69) is 11.8 Å². The Morgan fingerprint density at radius 1 is 1.20 bits per heavy atom. The summed E-state index contributed by atoms with van der Waals surface area (Å²) in [4.78, 5) is 23.9. The third-order valence-corrected chi connectivity index (χ3v) is 3.15. The van der Waals surface area contributed by atoms with Crippen LogP contribution in [0.25, 0.3) is 0 Å². The smallest absolute Gasteiger partial charge is 0.180 e. The molecule has 2 nitrogen and oxygen atoms in total. The lowest BCUT2D eigenvalue weighted by Crippen LogP contribution is -2.27. The van der Waals surface area contributed by atoms with Gasteiger partial charge in [-0.05, 0) is 20.3 Å². The quantitative estimate of drug-likeness (QED) is 0.600. The van der Waals surface area contributed by atoms with E-state index in [4.69, 9.17) is 0 Å². The van der Waals surface area contributed by atoms with Crippen molar-refractivity contribution < 1.29 is 9.59 Å². The van der Waals surface area contributed by atoms with Gasteiger partial charge in [0.15, 0.2) is 5.78 Å². The molecule has 0 amide bonds. The van der Waals surface area contributed by atoms with E-state index in [0.717, 1.165) is 0 Å². The number of benzene rings is 1. The van der Waals surface area contributed by atoms with Gasteiger partial charge in [-0.1, -0.05) is 56.0 Å². The Kier molecular flexibility index (Phi) is 5.70.